The van der Waals surface area contributed by atoms with Gasteiger partial charge in [0, 0.05) is 44.2 Å². The summed E-state index contributed by atoms with van der Waals surface area (Å²) in [5.74, 6) is 1.62. The third-order valence-corrected chi connectivity index (χ3v) is 4.13. The summed E-state index contributed by atoms with van der Waals surface area (Å²) in [6, 6.07) is 3.86. The van der Waals surface area contributed by atoms with Gasteiger partial charge in [0.05, 0.1) is 18.4 Å². The van der Waals surface area contributed by atoms with Crippen molar-refractivity contribution in [2.24, 2.45) is 0 Å². The first-order valence-corrected chi connectivity index (χ1v) is 7.90. The third-order valence-electron chi connectivity index (χ3n) is 4.13. The second-order valence-corrected chi connectivity index (χ2v) is 6.20. The van der Waals surface area contributed by atoms with Crippen LogP contribution in [0.15, 0.2) is 23.1 Å². The third kappa shape index (κ3) is 3.42. The van der Waals surface area contributed by atoms with Crippen molar-refractivity contribution in [1.29, 1.82) is 0 Å². The number of hydrogen-bond donors (Lipinski definition) is 1. The molecule has 0 saturated carbocycles. The highest BCUT2D eigenvalue weighted by Gasteiger charge is 2.21. The van der Waals surface area contributed by atoms with Crippen molar-refractivity contribution in [2.75, 3.05) is 13.7 Å². The van der Waals surface area contributed by atoms with Crippen LogP contribution in [0.4, 0.5) is 0 Å². The van der Waals surface area contributed by atoms with Crippen LogP contribution < -0.4 is 10.3 Å². The van der Waals surface area contributed by atoms with Gasteiger partial charge < -0.3 is 9.72 Å². The van der Waals surface area contributed by atoms with Gasteiger partial charge in [0.2, 0.25) is 5.88 Å². The van der Waals surface area contributed by atoms with Crippen molar-refractivity contribution >= 4 is 0 Å². The van der Waals surface area contributed by atoms with Crippen LogP contribution in [0.2, 0.25) is 0 Å². The Morgan fingerprint density at radius 2 is 2.22 bits per heavy atom. The van der Waals surface area contributed by atoms with Gasteiger partial charge in [-0.05, 0) is 5.56 Å². The second kappa shape index (κ2) is 6.50. The lowest BCUT2D eigenvalue weighted by atomic mass is 10.1. The number of hydrogen-bond acceptors (Lipinski definition) is 5. The molecule has 0 unspecified atom stereocenters. The van der Waals surface area contributed by atoms with E-state index < -0.39 is 0 Å². The van der Waals surface area contributed by atoms with Crippen LogP contribution in [0.25, 0.3) is 0 Å². The lowest BCUT2D eigenvalue weighted by molar-refractivity contribution is 0.241. The summed E-state index contributed by atoms with van der Waals surface area (Å²) in [5, 5.41) is 0. The van der Waals surface area contributed by atoms with Crippen LogP contribution in [0.3, 0.4) is 0 Å². The molecular formula is C17H22N4O2. The first-order valence-electron chi connectivity index (χ1n) is 7.90. The van der Waals surface area contributed by atoms with Crippen LogP contribution in [-0.4, -0.2) is 33.5 Å². The molecule has 0 fully saturated rings. The van der Waals surface area contributed by atoms with Crippen LogP contribution >= 0.6 is 0 Å². The fourth-order valence-corrected chi connectivity index (χ4v) is 2.79. The molecular weight excluding hydrogens is 292 g/mol. The molecule has 0 radical (unpaired) electrons. The SMILES string of the molecule is COc1ccc(CN2CCc3nc(C(C)C)[nH]c(=O)c3C2)cn1. The first-order chi connectivity index (χ1) is 11.1. The molecule has 0 aliphatic carbocycles. The number of methoxy groups -OCH3 is 1. The second-order valence-electron chi connectivity index (χ2n) is 6.20. The van der Waals surface area contributed by atoms with Gasteiger partial charge in [0.1, 0.15) is 5.82 Å². The Bertz CT molecular complexity index is 737. The Kier molecular flexibility index (Phi) is 4.43. The van der Waals surface area contributed by atoms with E-state index in [2.05, 4.69) is 19.9 Å². The van der Waals surface area contributed by atoms with E-state index in [-0.39, 0.29) is 11.5 Å². The van der Waals surface area contributed by atoms with Crippen molar-refractivity contribution in [1.82, 2.24) is 19.9 Å². The summed E-state index contributed by atoms with van der Waals surface area (Å²) >= 11 is 0. The monoisotopic (exact) mass is 314 g/mol. The Morgan fingerprint density at radius 3 is 2.87 bits per heavy atom. The number of nitrogens with one attached hydrogen (secondary N) is 1. The molecule has 1 N–H and O–H groups in total. The molecule has 2 aromatic rings. The zero-order valence-corrected chi connectivity index (χ0v) is 13.8. The van der Waals surface area contributed by atoms with Crippen molar-refractivity contribution in [3.63, 3.8) is 0 Å². The van der Waals surface area contributed by atoms with Crippen LogP contribution in [0.5, 0.6) is 5.88 Å². The molecule has 23 heavy (non-hydrogen) atoms. The largest absolute Gasteiger partial charge is 0.481 e. The summed E-state index contributed by atoms with van der Waals surface area (Å²) in [6.07, 6.45) is 2.63. The Labute approximate surface area is 135 Å². The lowest BCUT2D eigenvalue weighted by Gasteiger charge is -2.27. The maximum atomic E-state index is 12.3. The minimum absolute atomic E-state index is 0.00347. The topological polar surface area (TPSA) is 71.1 Å². The van der Waals surface area contributed by atoms with Crippen molar-refractivity contribution in [3.8, 4) is 5.88 Å². The van der Waals surface area contributed by atoms with Crippen LogP contribution in [0.1, 0.15) is 42.4 Å². The smallest absolute Gasteiger partial charge is 0.255 e. The normalized spacial score (nSPS) is 14.8. The van der Waals surface area contributed by atoms with E-state index in [0.29, 0.717) is 12.4 Å². The van der Waals surface area contributed by atoms with E-state index in [0.717, 1.165) is 42.2 Å². The first kappa shape index (κ1) is 15.7. The molecule has 1 aliphatic heterocycles. The van der Waals surface area contributed by atoms with E-state index in [1.165, 1.54) is 0 Å². The molecule has 3 rings (SSSR count). The minimum atomic E-state index is -0.00347. The molecule has 122 valence electrons. The maximum Gasteiger partial charge on any atom is 0.255 e. The Morgan fingerprint density at radius 1 is 1.39 bits per heavy atom. The molecule has 0 aromatic carbocycles. The van der Waals surface area contributed by atoms with Gasteiger partial charge >= 0.3 is 0 Å². The van der Waals surface area contributed by atoms with Gasteiger partial charge in [0.25, 0.3) is 5.56 Å². The number of aromatic amines is 1. The summed E-state index contributed by atoms with van der Waals surface area (Å²) < 4.78 is 5.07. The summed E-state index contributed by atoms with van der Waals surface area (Å²) in [4.78, 5) is 26.3. The number of fused-ring (bicyclic) bond motifs is 1. The van der Waals surface area contributed by atoms with Gasteiger partial charge in [-0.1, -0.05) is 19.9 Å². The van der Waals surface area contributed by atoms with E-state index in [1.807, 2.05) is 32.2 Å². The quantitative estimate of drug-likeness (QED) is 0.932. The highest BCUT2D eigenvalue weighted by Crippen LogP contribution is 2.18. The zero-order chi connectivity index (χ0) is 16.4. The highest BCUT2D eigenvalue weighted by molar-refractivity contribution is 5.23. The standard InChI is InChI=1S/C17H22N4O2/c1-11(2)16-19-14-6-7-21(10-13(14)17(22)20-16)9-12-4-5-15(23-3)18-8-12/h4-5,8,11H,6-7,9-10H2,1-3H3,(H,19,20,22). The van der Waals surface area contributed by atoms with Crippen molar-refractivity contribution < 1.29 is 4.74 Å². The van der Waals surface area contributed by atoms with Gasteiger partial charge in [-0.15, -0.1) is 0 Å². The molecule has 0 saturated heterocycles. The fraction of sp³-hybridized carbons (Fsp3) is 0.471. The molecule has 1 aliphatic rings. The molecule has 6 heteroatoms. The Hall–Kier alpha value is -2.21. The van der Waals surface area contributed by atoms with Crippen LogP contribution in [-0.2, 0) is 19.5 Å². The number of H-pyrrole nitrogens is 1. The van der Waals surface area contributed by atoms with E-state index in [9.17, 15) is 4.79 Å². The van der Waals surface area contributed by atoms with Gasteiger partial charge in [-0.3, -0.25) is 9.69 Å². The van der Waals surface area contributed by atoms with E-state index >= 15 is 0 Å². The maximum absolute atomic E-state index is 12.3. The average Bonchev–Trinajstić information content (AvgIpc) is 2.56. The number of nitrogens with zero attached hydrogens (tertiary/aromatic N) is 3. The van der Waals surface area contributed by atoms with Crippen LogP contribution in [0, 0.1) is 0 Å². The van der Waals surface area contributed by atoms with E-state index in [1.54, 1.807) is 7.11 Å². The van der Waals surface area contributed by atoms with Crippen molar-refractivity contribution in [2.45, 2.75) is 39.3 Å². The fourth-order valence-electron chi connectivity index (χ4n) is 2.79. The lowest BCUT2D eigenvalue weighted by Crippen LogP contribution is -2.36. The minimum Gasteiger partial charge on any atom is -0.481 e. The van der Waals surface area contributed by atoms with Crippen molar-refractivity contribution in [3.05, 3.63) is 51.3 Å². The van der Waals surface area contributed by atoms with Gasteiger partial charge in [-0.25, -0.2) is 9.97 Å². The van der Waals surface area contributed by atoms with Gasteiger partial charge in [0.15, 0.2) is 0 Å². The highest BCUT2D eigenvalue weighted by atomic mass is 16.5. The molecule has 2 aromatic heterocycles. The molecule has 6 nitrogen and oxygen atoms in total. The predicted molar refractivity (Wildman–Crippen MR) is 87.6 cm³/mol. The summed E-state index contributed by atoms with van der Waals surface area (Å²) in [6.45, 7) is 6.36. The predicted octanol–water partition coefficient (Wildman–Crippen LogP) is 1.86. The van der Waals surface area contributed by atoms with Gasteiger partial charge in [-0.2, -0.15) is 0 Å². The average molecular weight is 314 g/mol. The zero-order valence-electron chi connectivity index (χ0n) is 13.8. The molecule has 0 spiro atoms. The summed E-state index contributed by atoms with van der Waals surface area (Å²) in [7, 11) is 1.61. The molecule has 0 amide bonds. The summed E-state index contributed by atoms with van der Waals surface area (Å²) in [5.41, 5.74) is 2.84. The number of ether oxygens (including phenoxy) is 1. The number of aromatic nitrogens is 3. The molecule has 0 bridgehead atoms. The Balaban J connectivity index is 1.76. The van der Waals surface area contributed by atoms with E-state index in [4.69, 9.17) is 4.74 Å². The number of rotatable bonds is 4. The molecule has 0 atom stereocenters. The number of pyridine rings is 1. The molecule has 3 heterocycles.